The van der Waals surface area contributed by atoms with Crippen molar-refractivity contribution < 1.29 is 14.3 Å². The lowest BCUT2D eigenvalue weighted by Crippen LogP contribution is -2.42. The van der Waals surface area contributed by atoms with Crippen molar-refractivity contribution in [3.63, 3.8) is 0 Å². The summed E-state index contributed by atoms with van der Waals surface area (Å²) in [5.74, 6) is -0.192. The molecule has 16 heavy (non-hydrogen) atoms. The van der Waals surface area contributed by atoms with E-state index in [1.807, 2.05) is 0 Å². The minimum atomic E-state index is -0.557. The van der Waals surface area contributed by atoms with Crippen molar-refractivity contribution in [2.75, 3.05) is 32.8 Å². The van der Waals surface area contributed by atoms with Crippen LogP contribution in [0.4, 0.5) is 0 Å². The molecule has 0 radical (unpaired) electrons. The Morgan fingerprint density at radius 1 is 1.44 bits per heavy atom. The zero-order valence-corrected chi connectivity index (χ0v) is 10.1. The Labute approximate surface area is 100 Å². The summed E-state index contributed by atoms with van der Waals surface area (Å²) >= 11 is 5.57. The van der Waals surface area contributed by atoms with E-state index in [1.165, 1.54) is 0 Å². The lowest BCUT2D eigenvalue weighted by atomic mass is 10.3. The van der Waals surface area contributed by atoms with Crippen molar-refractivity contribution in [1.29, 1.82) is 0 Å². The molecule has 1 rings (SSSR count). The second kappa shape index (κ2) is 6.70. The molecule has 5 nitrogen and oxygen atoms in total. The number of morpholine rings is 1. The van der Waals surface area contributed by atoms with Crippen LogP contribution in [0.15, 0.2) is 0 Å². The largest absolute Gasteiger partial charge is 0.378 e. The molecule has 1 N–H and O–H groups in total. The molecular formula is C10H17ClN2O3. The Morgan fingerprint density at radius 2 is 2.06 bits per heavy atom. The van der Waals surface area contributed by atoms with Crippen LogP contribution in [-0.4, -0.2) is 54.9 Å². The molecule has 0 aromatic rings. The fourth-order valence-corrected chi connectivity index (χ4v) is 1.48. The number of nitrogens with one attached hydrogen (secondary N) is 1. The van der Waals surface area contributed by atoms with Gasteiger partial charge in [-0.1, -0.05) is 0 Å². The normalized spacial score (nSPS) is 18.0. The highest BCUT2D eigenvalue weighted by molar-refractivity contribution is 6.30. The lowest BCUT2D eigenvalue weighted by molar-refractivity contribution is -0.135. The van der Waals surface area contributed by atoms with Gasteiger partial charge in [0.1, 0.15) is 5.38 Å². The van der Waals surface area contributed by atoms with Gasteiger partial charge in [-0.15, -0.1) is 11.6 Å². The first kappa shape index (κ1) is 13.3. The number of alkyl halides is 1. The van der Waals surface area contributed by atoms with Gasteiger partial charge in [0.25, 0.3) is 0 Å². The van der Waals surface area contributed by atoms with E-state index in [1.54, 1.807) is 11.8 Å². The van der Waals surface area contributed by atoms with Gasteiger partial charge in [-0.25, -0.2) is 0 Å². The summed E-state index contributed by atoms with van der Waals surface area (Å²) < 4.78 is 5.14. The van der Waals surface area contributed by atoms with E-state index in [2.05, 4.69) is 5.32 Å². The molecule has 0 aliphatic carbocycles. The number of nitrogens with zero attached hydrogens (tertiary/aromatic N) is 1. The Hall–Kier alpha value is -0.810. The number of hydrogen-bond donors (Lipinski definition) is 1. The maximum Gasteiger partial charge on any atom is 0.237 e. The maximum absolute atomic E-state index is 11.6. The zero-order chi connectivity index (χ0) is 12.0. The highest BCUT2D eigenvalue weighted by Gasteiger charge is 2.16. The Kier molecular flexibility index (Phi) is 5.55. The van der Waals surface area contributed by atoms with Crippen LogP contribution in [0.25, 0.3) is 0 Å². The molecule has 6 heteroatoms. The van der Waals surface area contributed by atoms with Crippen LogP contribution < -0.4 is 5.32 Å². The van der Waals surface area contributed by atoms with Crippen LogP contribution in [0.5, 0.6) is 0 Å². The number of amides is 2. The number of carbonyl (C=O) groups is 2. The van der Waals surface area contributed by atoms with Crippen molar-refractivity contribution in [1.82, 2.24) is 10.2 Å². The summed E-state index contributed by atoms with van der Waals surface area (Å²) in [5, 5.41) is 2.05. The van der Waals surface area contributed by atoms with Crippen molar-refractivity contribution in [3.8, 4) is 0 Å². The maximum atomic E-state index is 11.6. The molecule has 0 saturated carbocycles. The molecule has 92 valence electrons. The predicted molar refractivity (Wildman–Crippen MR) is 60.3 cm³/mol. The summed E-state index contributed by atoms with van der Waals surface area (Å²) in [5.41, 5.74) is 0. The number of ether oxygens (including phenoxy) is 1. The average molecular weight is 249 g/mol. The summed E-state index contributed by atoms with van der Waals surface area (Å²) in [6.07, 6.45) is 0.315. The van der Waals surface area contributed by atoms with Crippen molar-refractivity contribution in [2.24, 2.45) is 0 Å². The first-order chi connectivity index (χ1) is 7.61. The van der Waals surface area contributed by atoms with Gasteiger partial charge in [-0.2, -0.15) is 0 Å². The van der Waals surface area contributed by atoms with E-state index in [4.69, 9.17) is 16.3 Å². The zero-order valence-electron chi connectivity index (χ0n) is 9.37. The molecule has 0 spiro atoms. The fourth-order valence-electron chi connectivity index (χ4n) is 1.40. The smallest absolute Gasteiger partial charge is 0.237 e. The topological polar surface area (TPSA) is 58.6 Å². The van der Waals surface area contributed by atoms with Crippen molar-refractivity contribution in [2.45, 2.75) is 18.7 Å². The number of hydrogen-bond acceptors (Lipinski definition) is 3. The number of rotatable bonds is 4. The van der Waals surface area contributed by atoms with E-state index in [0.717, 1.165) is 0 Å². The third-order valence-corrected chi connectivity index (χ3v) is 2.56. The Balaban J connectivity index is 2.17. The highest BCUT2D eigenvalue weighted by Crippen LogP contribution is 1.99. The minimum Gasteiger partial charge on any atom is -0.378 e. The van der Waals surface area contributed by atoms with E-state index in [9.17, 15) is 9.59 Å². The number of carbonyl (C=O) groups excluding carboxylic acids is 2. The van der Waals surface area contributed by atoms with Crippen LogP contribution in [0.1, 0.15) is 13.3 Å². The Bertz CT molecular complexity index is 252. The summed E-state index contributed by atoms with van der Waals surface area (Å²) in [7, 11) is 0. The first-order valence-corrected chi connectivity index (χ1v) is 5.82. The van der Waals surface area contributed by atoms with Gasteiger partial charge < -0.3 is 15.0 Å². The van der Waals surface area contributed by atoms with Gasteiger partial charge in [0.05, 0.1) is 13.2 Å². The minimum absolute atomic E-state index is 0.0471. The molecule has 0 aromatic heterocycles. The summed E-state index contributed by atoms with van der Waals surface area (Å²) in [4.78, 5) is 24.5. The van der Waals surface area contributed by atoms with E-state index in [0.29, 0.717) is 39.3 Å². The molecule has 0 bridgehead atoms. The van der Waals surface area contributed by atoms with Crippen LogP contribution in [0.3, 0.4) is 0 Å². The van der Waals surface area contributed by atoms with Crippen LogP contribution >= 0.6 is 11.6 Å². The predicted octanol–water partition coefficient (Wildman–Crippen LogP) is -0.0212. The molecule has 1 saturated heterocycles. The van der Waals surface area contributed by atoms with Gasteiger partial charge in [-0.05, 0) is 6.92 Å². The second-order valence-corrected chi connectivity index (χ2v) is 4.30. The van der Waals surface area contributed by atoms with Crippen molar-refractivity contribution >= 4 is 23.4 Å². The van der Waals surface area contributed by atoms with Gasteiger partial charge >= 0.3 is 0 Å². The summed E-state index contributed by atoms with van der Waals surface area (Å²) in [6, 6.07) is 0. The van der Waals surface area contributed by atoms with Crippen molar-refractivity contribution in [3.05, 3.63) is 0 Å². The third-order valence-electron chi connectivity index (χ3n) is 2.36. The van der Waals surface area contributed by atoms with E-state index in [-0.39, 0.29) is 11.8 Å². The van der Waals surface area contributed by atoms with Crippen LogP contribution in [0.2, 0.25) is 0 Å². The van der Waals surface area contributed by atoms with Gasteiger partial charge in [0.2, 0.25) is 11.8 Å². The Morgan fingerprint density at radius 3 is 2.62 bits per heavy atom. The van der Waals surface area contributed by atoms with E-state index < -0.39 is 5.38 Å². The van der Waals surface area contributed by atoms with Crippen LogP contribution in [0, 0.1) is 0 Å². The van der Waals surface area contributed by atoms with E-state index >= 15 is 0 Å². The molecule has 1 heterocycles. The molecule has 1 fully saturated rings. The SMILES string of the molecule is CC(Cl)C(=O)NCCC(=O)N1CCOCC1. The average Bonchev–Trinajstić information content (AvgIpc) is 2.29. The quantitative estimate of drug-likeness (QED) is 0.712. The molecule has 0 aromatic carbocycles. The van der Waals surface area contributed by atoms with Gasteiger partial charge in [0.15, 0.2) is 0 Å². The molecule has 1 atom stereocenters. The molecular weight excluding hydrogens is 232 g/mol. The molecule has 1 unspecified atom stereocenters. The monoisotopic (exact) mass is 248 g/mol. The standard InChI is InChI=1S/C10H17ClN2O3/c1-8(11)10(15)12-3-2-9(14)13-4-6-16-7-5-13/h8H,2-7H2,1H3,(H,12,15). The lowest BCUT2D eigenvalue weighted by Gasteiger charge is -2.26. The van der Waals surface area contributed by atoms with Gasteiger partial charge in [-0.3, -0.25) is 9.59 Å². The first-order valence-electron chi connectivity index (χ1n) is 5.38. The number of halogens is 1. The third kappa shape index (κ3) is 4.37. The summed E-state index contributed by atoms with van der Waals surface area (Å²) in [6.45, 7) is 4.40. The van der Waals surface area contributed by atoms with Crippen LogP contribution in [-0.2, 0) is 14.3 Å². The molecule has 1 aliphatic heterocycles. The van der Waals surface area contributed by atoms with Gasteiger partial charge in [0, 0.05) is 26.1 Å². The highest BCUT2D eigenvalue weighted by atomic mass is 35.5. The molecule has 2 amide bonds. The second-order valence-electron chi connectivity index (χ2n) is 3.65. The fraction of sp³-hybridized carbons (Fsp3) is 0.800. The molecule has 1 aliphatic rings.